The largest absolute Gasteiger partial charge is 0.361 e. The Morgan fingerprint density at radius 2 is 2.20 bits per heavy atom. The van der Waals surface area contributed by atoms with Gasteiger partial charge in [-0.25, -0.2) is 0 Å². The van der Waals surface area contributed by atoms with Crippen molar-refractivity contribution in [2.75, 3.05) is 19.3 Å². The molecule has 1 heterocycles. The van der Waals surface area contributed by atoms with Crippen LogP contribution in [-0.4, -0.2) is 41.6 Å². The summed E-state index contributed by atoms with van der Waals surface area (Å²) in [6.45, 7) is 3.19. The Balaban J connectivity index is 1.40. The zero-order valence-electron chi connectivity index (χ0n) is 15.3. The van der Waals surface area contributed by atoms with Crippen LogP contribution in [0.5, 0.6) is 0 Å². The molecule has 4 nitrogen and oxygen atoms in total. The molecular formula is C20H30N4S. The van der Waals surface area contributed by atoms with E-state index in [0.29, 0.717) is 6.04 Å². The minimum absolute atomic E-state index is 0.573. The van der Waals surface area contributed by atoms with E-state index in [4.69, 9.17) is 0 Å². The Kier molecular flexibility index (Phi) is 6.68. The number of nitrogens with zero attached hydrogens (tertiary/aromatic N) is 1. The zero-order chi connectivity index (χ0) is 17.5. The van der Waals surface area contributed by atoms with Crippen LogP contribution in [-0.2, 0) is 6.42 Å². The summed E-state index contributed by atoms with van der Waals surface area (Å²) < 4.78 is 0. The summed E-state index contributed by atoms with van der Waals surface area (Å²) in [5.41, 5.74) is 2.62. The Morgan fingerprint density at radius 3 is 3.04 bits per heavy atom. The third kappa shape index (κ3) is 4.94. The number of H-pyrrole nitrogens is 1. The van der Waals surface area contributed by atoms with E-state index in [2.05, 4.69) is 69.8 Å². The number of fused-ring (bicyclic) bond motifs is 1. The molecule has 1 aliphatic carbocycles. The fraction of sp³-hybridized carbons (Fsp3) is 0.550. The summed E-state index contributed by atoms with van der Waals surface area (Å²) in [5.74, 6) is 2.17. The summed E-state index contributed by atoms with van der Waals surface area (Å²) in [7, 11) is 1.86. The van der Waals surface area contributed by atoms with Gasteiger partial charge in [-0.05, 0) is 49.5 Å². The average Bonchev–Trinajstić information content (AvgIpc) is 3.25. The Labute approximate surface area is 155 Å². The molecule has 1 saturated carbocycles. The van der Waals surface area contributed by atoms with Crippen LogP contribution < -0.4 is 10.6 Å². The van der Waals surface area contributed by atoms with Gasteiger partial charge >= 0.3 is 0 Å². The van der Waals surface area contributed by atoms with E-state index in [1.807, 2.05) is 7.05 Å². The number of aromatic nitrogens is 1. The van der Waals surface area contributed by atoms with Crippen molar-refractivity contribution in [2.24, 2.45) is 4.99 Å². The smallest absolute Gasteiger partial charge is 0.191 e. The summed E-state index contributed by atoms with van der Waals surface area (Å²) in [4.78, 5) is 7.74. The van der Waals surface area contributed by atoms with Crippen LogP contribution in [0.15, 0.2) is 35.5 Å². The van der Waals surface area contributed by atoms with Gasteiger partial charge in [-0.15, -0.1) is 0 Å². The lowest BCUT2D eigenvalue weighted by Crippen LogP contribution is -2.42. The highest BCUT2D eigenvalue weighted by Crippen LogP contribution is 2.29. The number of thioether (sulfide) groups is 1. The minimum Gasteiger partial charge on any atom is -0.361 e. The molecule has 136 valence electrons. The van der Waals surface area contributed by atoms with Crippen LogP contribution in [0.25, 0.3) is 10.9 Å². The van der Waals surface area contributed by atoms with E-state index in [-0.39, 0.29) is 0 Å². The van der Waals surface area contributed by atoms with E-state index in [1.165, 1.54) is 41.5 Å². The molecule has 1 aromatic heterocycles. The van der Waals surface area contributed by atoms with Gasteiger partial charge in [0.2, 0.25) is 0 Å². The predicted molar refractivity (Wildman–Crippen MR) is 111 cm³/mol. The third-order valence-electron chi connectivity index (χ3n) is 4.94. The van der Waals surface area contributed by atoms with Crippen molar-refractivity contribution in [1.82, 2.24) is 15.6 Å². The molecule has 2 unspecified atom stereocenters. The lowest BCUT2D eigenvalue weighted by atomic mass is 10.1. The number of nitrogens with one attached hydrogen (secondary N) is 3. The van der Waals surface area contributed by atoms with Gasteiger partial charge in [0.05, 0.1) is 0 Å². The maximum atomic E-state index is 4.39. The van der Waals surface area contributed by atoms with Gasteiger partial charge in [-0.1, -0.05) is 25.1 Å². The number of guanidine groups is 1. The molecule has 1 aromatic carbocycles. The monoisotopic (exact) mass is 358 g/mol. The maximum absolute atomic E-state index is 4.39. The van der Waals surface area contributed by atoms with Crippen LogP contribution in [0.4, 0.5) is 0 Å². The summed E-state index contributed by atoms with van der Waals surface area (Å²) in [6.07, 6.45) is 8.16. The molecule has 1 fully saturated rings. The summed E-state index contributed by atoms with van der Waals surface area (Å²) in [5, 5.41) is 9.24. The second-order valence-corrected chi connectivity index (χ2v) is 8.27. The first-order chi connectivity index (χ1) is 12.3. The first-order valence-electron chi connectivity index (χ1n) is 9.44. The quantitative estimate of drug-likeness (QED) is 0.399. The molecule has 1 aliphatic rings. The Morgan fingerprint density at radius 1 is 1.32 bits per heavy atom. The lowest BCUT2D eigenvalue weighted by molar-refractivity contribution is 0.611. The van der Waals surface area contributed by atoms with Gasteiger partial charge in [0.25, 0.3) is 0 Å². The molecule has 0 amide bonds. The van der Waals surface area contributed by atoms with Crippen molar-refractivity contribution in [3.8, 4) is 0 Å². The van der Waals surface area contributed by atoms with Crippen LogP contribution in [0, 0.1) is 0 Å². The summed E-state index contributed by atoms with van der Waals surface area (Å²) in [6, 6.07) is 9.08. The molecule has 0 aliphatic heterocycles. The maximum Gasteiger partial charge on any atom is 0.191 e. The van der Waals surface area contributed by atoms with Crippen molar-refractivity contribution in [3.05, 3.63) is 36.0 Å². The van der Waals surface area contributed by atoms with E-state index in [1.54, 1.807) is 0 Å². The molecule has 2 aromatic rings. The molecule has 0 bridgehead atoms. The van der Waals surface area contributed by atoms with Crippen molar-refractivity contribution in [2.45, 2.75) is 50.3 Å². The Hall–Kier alpha value is -1.62. The van der Waals surface area contributed by atoms with E-state index >= 15 is 0 Å². The van der Waals surface area contributed by atoms with Gasteiger partial charge in [-0.3, -0.25) is 4.99 Å². The number of para-hydroxylation sites is 1. The first kappa shape index (κ1) is 18.2. The van der Waals surface area contributed by atoms with Crippen LogP contribution in [0.3, 0.4) is 0 Å². The third-order valence-corrected chi connectivity index (χ3v) is 6.17. The van der Waals surface area contributed by atoms with Gasteiger partial charge in [0.15, 0.2) is 5.96 Å². The van der Waals surface area contributed by atoms with Crippen molar-refractivity contribution >= 4 is 28.6 Å². The normalized spacial score (nSPS) is 21.0. The topological polar surface area (TPSA) is 52.2 Å². The van der Waals surface area contributed by atoms with Gasteiger partial charge in [0, 0.05) is 42.0 Å². The fourth-order valence-electron chi connectivity index (χ4n) is 3.67. The van der Waals surface area contributed by atoms with Gasteiger partial charge < -0.3 is 15.6 Å². The average molecular weight is 359 g/mol. The zero-order valence-corrected chi connectivity index (χ0v) is 16.2. The van der Waals surface area contributed by atoms with E-state index in [0.717, 1.165) is 30.6 Å². The Bertz CT molecular complexity index is 694. The number of hydrogen-bond acceptors (Lipinski definition) is 2. The number of aryl methyl sites for hydroxylation is 1. The second-order valence-electron chi connectivity index (χ2n) is 6.69. The van der Waals surface area contributed by atoms with Crippen molar-refractivity contribution in [1.29, 1.82) is 0 Å². The molecule has 3 rings (SSSR count). The molecule has 3 N–H and O–H groups in total. The number of rotatable bonds is 7. The molecule has 0 spiro atoms. The second kappa shape index (κ2) is 9.18. The van der Waals surface area contributed by atoms with Crippen molar-refractivity contribution < 1.29 is 0 Å². The highest BCUT2D eigenvalue weighted by Gasteiger charge is 2.24. The molecule has 25 heavy (non-hydrogen) atoms. The highest BCUT2D eigenvalue weighted by atomic mass is 32.2. The molecule has 2 atom stereocenters. The van der Waals surface area contributed by atoms with Gasteiger partial charge in [-0.2, -0.15) is 11.8 Å². The lowest BCUT2D eigenvalue weighted by Gasteiger charge is -2.17. The van der Waals surface area contributed by atoms with Crippen LogP contribution >= 0.6 is 11.8 Å². The number of aliphatic imine (C=N–C) groups is 1. The SMILES string of the molecule is CCSC1CCC(NC(=NC)NCCCc2c[nH]c3ccccc23)C1. The number of aromatic amines is 1. The number of hydrogen-bond donors (Lipinski definition) is 3. The highest BCUT2D eigenvalue weighted by molar-refractivity contribution is 7.99. The molecule has 0 saturated heterocycles. The number of benzene rings is 1. The minimum atomic E-state index is 0.573. The van der Waals surface area contributed by atoms with E-state index < -0.39 is 0 Å². The van der Waals surface area contributed by atoms with Crippen LogP contribution in [0.1, 0.15) is 38.2 Å². The van der Waals surface area contributed by atoms with Crippen molar-refractivity contribution in [3.63, 3.8) is 0 Å². The van der Waals surface area contributed by atoms with E-state index in [9.17, 15) is 0 Å². The first-order valence-corrected chi connectivity index (χ1v) is 10.5. The molecule has 5 heteroatoms. The van der Waals surface area contributed by atoms with Gasteiger partial charge in [0.1, 0.15) is 0 Å². The standard InChI is InChI=1S/C20H30N4S/c1-3-25-17-11-10-16(13-17)24-20(21-2)22-12-6-7-15-14-23-19-9-5-4-8-18(15)19/h4-5,8-9,14,16-17,23H,3,6-7,10-13H2,1-2H3,(H2,21,22,24). The molecule has 0 radical (unpaired) electrons. The fourth-order valence-corrected chi connectivity index (χ4v) is 4.81. The summed E-state index contributed by atoms with van der Waals surface area (Å²) >= 11 is 2.09. The van der Waals surface area contributed by atoms with Crippen LogP contribution in [0.2, 0.25) is 0 Å². The molecular weight excluding hydrogens is 328 g/mol. The predicted octanol–water partition coefficient (Wildman–Crippen LogP) is 3.94.